The Morgan fingerprint density at radius 1 is 0.968 bits per heavy atom. The van der Waals surface area contributed by atoms with Gasteiger partial charge in [-0.3, -0.25) is 4.79 Å². The first-order valence-electron chi connectivity index (χ1n) is 9.65. The Kier molecular flexibility index (Phi) is 4.39. The monoisotopic (exact) mass is 415 g/mol. The number of carbonyl (C=O) groups is 1. The summed E-state index contributed by atoms with van der Waals surface area (Å²) in [6, 6.07) is 15.1. The van der Waals surface area contributed by atoms with Crippen molar-refractivity contribution in [3.63, 3.8) is 0 Å². The molecule has 153 valence electrons. The van der Waals surface area contributed by atoms with Crippen molar-refractivity contribution in [3.8, 4) is 11.1 Å². The van der Waals surface area contributed by atoms with Gasteiger partial charge in [0.25, 0.3) is 5.91 Å². The molecule has 7 heteroatoms. The van der Waals surface area contributed by atoms with E-state index < -0.39 is 11.6 Å². The minimum atomic E-state index is -0.970. The highest BCUT2D eigenvalue weighted by Crippen LogP contribution is 2.31. The number of nitrogens with two attached hydrogens (primary N) is 1. The van der Waals surface area contributed by atoms with Gasteiger partial charge in [0.15, 0.2) is 11.6 Å². The van der Waals surface area contributed by atoms with E-state index in [0.717, 1.165) is 23.3 Å². The number of nitrogen functional groups attached to an aromatic ring is 1. The topological polar surface area (TPSA) is 72.1 Å². The molecule has 1 amide bonds. The smallest absolute Gasteiger partial charge is 0.273 e. The summed E-state index contributed by atoms with van der Waals surface area (Å²) in [4.78, 5) is 23.5. The molecule has 3 aromatic carbocycles. The second kappa shape index (κ2) is 7.12. The number of amides is 1. The van der Waals surface area contributed by atoms with Gasteiger partial charge in [-0.2, -0.15) is 0 Å². The molecule has 0 unspecified atom stereocenters. The lowest BCUT2D eigenvalue weighted by Crippen LogP contribution is -2.27. The second-order valence-electron chi connectivity index (χ2n) is 7.52. The Morgan fingerprint density at radius 3 is 2.35 bits per heavy atom. The first-order chi connectivity index (χ1) is 14.9. The average Bonchev–Trinajstić information content (AvgIpc) is 3.19. The van der Waals surface area contributed by atoms with Crippen LogP contribution in [0.3, 0.4) is 0 Å². The van der Waals surface area contributed by atoms with Crippen LogP contribution >= 0.6 is 0 Å². The summed E-state index contributed by atoms with van der Waals surface area (Å²) >= 11 is 0. The number of hydrogen-bond donors (Lipinski definition) is 1. The molecule has 5 rings (SSSR count). The predicted molar refractivity (Wildman–Crippen MR) is 114 cm³/mol. The summed E-state index contributed by atoms with van der Waals surface area (Å²) in [6.45, 7) is 4.76. The van der Waals surface area contributed by atoms with Gasteiger partial charge in [-0.25, -0.2) is 18.7 Å². The first kappa shape index (κ1) is 19.1. The second-order valence-corrected chi connectivity index (χ2v) is 7.52. The van der Waals surface area contributed by atoms with E-state index >= 15 is 0 Å². The summed E-state index contributed by atoms with van der Waals surface area (Å²) in [6.07, 6.45) is 0. The number of rotatable bonds is 2. The molecule has 0 atom stereocenters. The molecule has 2 N–H and O–H groups in total. The fraction of sp³-hybridized carbons (Fsp3) is 0.0833. The maximum absolute atomic E-state index is 13.8. The minimum absolute atomic E-state index is 0.00835. The lowest BCUT2D eigenvalue weighted by atomic mass is 9.98. The van der Waals surface area contributed by atoms with Crippen molar-refractivity contribution in [1.29, 1.82) is 0 Å². The minimum Gasteiger partial charge on any atom is -0.368 e. The van der Waals surface area contributed by atoms with E-state index in [1.165, 1.54) is 0 Å². The molecule has 0 bridgehead atoms. The largest absolute Gasteiger partial charge is 0.368 e. The number of hydrogen-bond acceptors (Lipinski definition) is 4. The van der Waals surface area contributed by atoms with E-state index in [-0.39, 0.29) is 17.5 Å². The van der Waals surface area contributed by atoms with E-state index in [4.69, 9.17) is 5.73 Å². The van der Waals surface area contributed by atoms with E-state index in [9.17, 15) is 13.6 Å². The number of nitrogens with zero attached hydrogens (tertiary/aromatic N) is 3. The third kappa shape index (κ3) is 3.28. The Balaban J connectivity index is 1.61. The van der Waals surface area contributed by atoms with Gasteiger partial charge in [-0.1, -0.05) is 30.3 Å². The molecule has 0 aliphatic carbocycles. The highest BCUT2D eigenvalue weighted by Gasteiger charge is 2.27. The fourth-order valence-electron chi connectivity index (χ4n) is 3.96. The third-order valence-corrected chi connectivity index (χ3v) is 5.50. The van der Waals surface area contributed by atoms with Crippen molar-refractivity contribution < 1.29 is 13.6 Å². The Morgan fingerprint density at radius 2 is 1.65 bits per heavy atom. The molecular weight excluding hydrogens is 398 g/mol. The number of carbonyl (C=O) groups excluding carboxylic acids is 1. The molecule has 1 radical (unpaired) electrons. The Hall–Kier alpha value is -3.87. The molecule has 1 aliphatic heterocycles. The van der Waals surface area contributed by atoms with Gasteiger partial charge in [-0.15, -0.1) is 0 Å². The zero-order valence-corrected chi connectivity index (χ0v) is 16.4. The van der Waals surface area contributed by atoms with Crippen LogP contribution in [0.5, 0.6) is 0 Å². The zero-order valence-electron chi connectivity index (χ0n) is 16.4. The van der Waals surface area contributed by atoms with E-state index in [1.54, 1.807) is 23.1 Å². The van der Waals surface area contributed by atoms with Crippen molar-refractivity contribution in [2.24, 2.45) is 0 Å². The molecule has 1 aliphatic rings. The van der Waals surface area contributed by atoms with Crippen LogP contribution in [0, 0.1) is 18.6 Å². The lowest BCUT2D eigenvalue weighted by Gasteiger charge is -2.17. The van der Waals surface area contributed by atoms with Gasteiger partial charge in [-0.05, 0) is 59.0 Å². The third-order valence-electron chi connectivity index (χ3n) is 5.50. The summed E-state index contributed by atoms with van der Waals surface area (Å²) in [5.74, 6) is -2.21. The molecule has 4 aromatic rings. The normalized spacial score (nSPS) is 12.9. The van der Waals surface area contributed by atoms with Crippen LogP contribution in [-0.2, 0) is 13.1 Å². The number of benzene rings is 3. The Labute approximate surface area is 177 Å². The number of anilines is 1. The van der Waals surface area contributed by atoms with Crippen LogP contribution in [0.15, 0.2) is 54.6 Å². The SMILES string of the molecule is [CH2]c1cc(F)c(F)cc1-c1ccc2nc(N)nc(C(=O)N3Cc4ccccc4C3)c2c1. The molecule has 5 nitrogen and oxygen atoms in total. The van der Waals surface area contributed by atoms with Gasteiger partial charge in [0.2, 0.25) is 5.95 Å². The van der Waals surface area contributed by atoms with Crippen LogP contribution in [0.4, 0.5) is 14.7 Å². The summed E-state index contributed by atoms with van der Waals surface area (Å²) in [5, 5.41) is 0.483. The summed E-state index contributed by atoms with van der Waals surface area (Å²) < 4.78 is 27.4. The maximum atomic E-state index is 13.8. The molecule has 0 fully saturated rings. The van der Waals surface area contributed by atoms with Crippen molar-refractivity contribution in [2.75, 3.05) is 5.73 Å². The molecule has 0 saturated carbocycles. The highest BCUT2D eigenvalue weighted by atomic mass is 19.2. The van der Waals surface area contributed by atoms with E-state index in [1.807, 2.05) is 24.3 Å². The molecule has 0 saturated heterocycles. The molecule has 1 aromatic heterocycles. The lowest BCUT2D eigenvalue weighted by molar-refractivity contribution is 0.0747. The van der Waals surface area contributed by atoms with Gasteiger partial charge < -0.3 is 10.6 Å². The standard InChI is InChI=1S/C24H17F2N4O/c1-13-8-19(25)20(26)10-17(13)14-6-7-21-18(9-14)22(29-24(27)28-21)23(31)30-11-15-4-2-3-5-16(15)12-30/h2-10H,1,11-12H2,(H2,27,28,29). The van der Waals surface area contributed by atoms with Crippen molar-refractivity contribution >= 4 is 22.8 Å². The molecule has 0 spiro atoms. The number of fused-ring (bicyclic) bond motifs is 2. The molecular formula is C24H17F2N4O. The van der Waals surface area contributed by atoms with Crippen LogP contribution in [-0.4, -0.2) is 20.8 Å². The molecule has 31 heavy (non-hydrogen) atoms. The van der Waals surface area contributed by atoms with Gasteiger partial charge in [0, 0.05) is 18.5 Å². The number of aromatic nitrogens is 2. The molecule has 2 heterocycles. The van der Waals surface area contributed by atoms with Gasteiger partial charge in [0.05, 0.1) is 5.52 Å². The highest BCUT2D eigenvalue weighted by molar-refractivity contribution is 6.06. The van der Waals surface area contributed by atoms with Crippen LogP contribution < -0.4 is 5.73 Å². The van der Waals surface area contributed by atoms with Crippen LogP contribution in [0.1, 0.15) is 27.2 Å². The summed E-state index contributed by atoms with van der Waals surface area (Å²) in [7, 11) is 0. The Bertz CT molecular complexity index is 1340. The van der Waals surface area contributed by atoms with Crippen molar-refractivity contribution in [3.05, 3.63) is 95.5 Å². The summed E-state index contributed by atoms with van der Waals surface area (Å²) in [5.41, 5.74) is 10.0. The quantitative estimate of drug-likeness (QED) is 0.523. The van der Waals surface area contributed by atoms with Gasteiger partial charge in [0.1, 0.15) is 5.69 Å². The van der Waals surface area contributed by atoms with E-state index in [0.29, 0.717) is 40.7 Å². The maximum Gasteiger partial charge on any atom is 0.273 e. The number of halogens is 2. The van der Waals surface area contributed by atoms with Crippen molar-refractivity contribution in [2.45, 2.75) is 13.1 Å². The zero-order chi connectivity index (χ0) is 21.7. The van der Waals surface area contributed by atoms with Crippen LogP contribution in [0.25, 0.3) is 22.0 Å². The average molecular weight is 415 g/mol. The van der Waals surface area contributed by atoms with Crippen molar-refractivity contribution in [1.82, 2.24) is 14.9 Å². The predicted octanol–water partition coefficient (Wildman–Crippen LogP) is 4.50. The van der Waals surface area contributed by atoms with Crippen LogP contribution in [0.2, 0.25) is 0 Å². The van der Waals surface area contributed by atoms with Gasteiger partial charge >= 0.3 is 0 Å². The van der Waals surface area contributed by atoms with E-state index in [2.05, 4.69) is 16.9 Å². The fourth-order valence-corrected chi connectivity index (χ4v) is 3.96. The first-order valence-corrected chi connectivity index (χ1v) is 9.65.